The molecule has 0 aliphatic carbocycles. The quantitative estimate of drug-likeness (QED) is 0.548. The molecule has 0 aromatic carbocycles. The molecule has 0 unspecified atom stereocenters. The molecular weight excluding hydrogens is 144 g/mol. The van der Waals surface area contributed by atoms with Gasteiger partial charge in [0.15, 0.2) is 6.17 Å². The van der Waals surface area contributed by atoms with Crippen LogP contribution in [-0.4, -0.2) is 20.3 Å². The van der Waals surface area contributed by atoms with Gasteiger partial charge >= 0.3 is 0 Å². The second-order valence-corrected chi connectivity index (χ2v) is 2.44. The summed E-state index contributed by atoms with van der Waals surface area (Å²) in [7, 11) is -2.42. The predicted molar refractivity (Wildman–Crippen MR) is 28.7 cm³/mol. The Bertz CT molecular complexity index is 199. The Morgan fingerprint density at radius 2 is 1.78 bits per heavy atom. The lowest BCUT2D eigenvalue weighted by Crippen LogP contribution is -2.04. The van der Waals surface area contributed by atoms with Gasteiger partial charge in [-0.15, -0.1) is 10.2 Å². The average molecular weight is 148 g/mol. The molecule has 0 bridgehead atoms. The average Bonchev–Trinajstić information content (AvgIpc) is 2.15. The maximum absolute atomic E-state index is 9.99. The molecule has 0 saturated carbocycles. The summed E-state index contributed by atoms with van der Waals surface area (Å²) in [6.07, 6.45) is -0.592. The first kappa shape index (κ1) is 6.27. The van der Waals surface area contributed by atoms with E-state index in [4.69, 9.17) is 0 Å². The van der Waals surface area contributed by atoms with Crippen molar-refractivity contribution in [2.45, 2.75) is 6.17 Å². The molecule has 1 aliphatic rings. The zero-order chi connectivity index (χ0) is 6.69. The molecule has 6 nitrogen and oxygen atoms in total. The first-order valence-electron chi connectivity index (χ1n) is 2.21. The largest absolute Gasteiger partial charge is 0.232 e. The maximum Gasteiger partial charge on any atom is 0.199 e. The van der Waals surface area contributed by atoms with Crippen LogP contribution >= 0.6 is 0 Å². The van der Waals surface area contributed by atoms with Crippen molar-refractivity contribution in [3.8, 4) is 0 Å². The summed E-state index contributed by atoms with van der Waals surface area (Å²) < 4.78 is 20.0. The Labute approximate surface area is 52.6 Å². The highest BCUT2D eigenvalue weighted by molar-refractivity contribution is 7.72. The van der Waals surface area contributed by atoms with E-state index in [9.17, 15) is 8.42 Å². The van der Waals surface area contributed by atoms with E-state index in [0.29, 0.717) is 0 Å². The molecule has 50 valence electrons. The van der Waals surface area contributed by atoms with Gasteiger partial charge in [0.1, 0.15) is 10.7 Å². The van der Waals surface area contributed by atoms with Crippen LogP contribution in [0, 0.1) is 0 Å². The fraction of sp³-hybridized carbons (Fsp3) is 1.00. The molecule has 0 fully saturated rings. The Balaban J connectivity index is 2.46. The van der Waals surface area contributed by atoms with Crippen LogP contribution in [0.5, 0.6) is 0 Å². The van der Waals surface area contributed by atoms with Gasteiger partial charge < -0.3 is 0 Å². The van der Waals surface area contributed by atoms with E-state index in [1.807, 2.05) is 0 Å². The predicted octanol–water partition coefficient (Wildman–Crippen LogP) is -0.243. The lowest BCUT2D eigenvalue weighted by Gasteiger charge is -1.87. The van der Waals surface area contributed by atoms with Gasteiger partial charge in [0, 0.05) is 0 Å². The van der Waals surface area contributed by atoms with E-state index in [0.717, 1.165) is 0 Å². The summed E-state index contributed by atoms with van der Waals surface area (Å²) in [6.45, 7) is 0. The lowest BCUT2D eigenvalue weighted by atomic mass is 10.6. The topological polar surface area (TPSA) is 83.6 Å². The highest BCUT2D eigenvalue weighted by atomic mass is 32.2. The van der Waals surface area contributed by atoms with Gasteiger partial charge in [0.25, 0.3) is 0 Å². The van der Waals surface area contributed by atoms with Crippen molar-refractivity contribution in [3.05, 3.63) is 0 Å². The molecule has 0 radical (unpaired) electrons. The molecule has 0 aromatic heterocycles. The normalized spacial score (nSPS) is 17.9. The van der Waals surface area contributed by atoms with Crippen molar-refractivity contribution < 1.29 is 8.42 Å². The smallest absolute Gasteiger partial charge is 0.199 e. The molecule has 1 aliphatic heterocycles. The molecule has 0 N–H and O–H groups in total. The van der Waals surface area contributed by atoms with Crippen LogP contribution < -0.4 is 0 Å². The van der Waals surface area contributed by atoms with Gasteiger partial charge in [0.2, 0.25) is 0 Å². The second kappa shape index (κ2) is 2.62. The summed E-state index contributed by atoms with van der Waals surface area (Å²) >= 11 is 0. The van der Waals surface area contributed by atoms with Crippen LogP contribution in [0.25, 0.3) is 0 Å². The molecule has 1 heterocycles. The minimum absolute atomic E-state index is 0.0949. The van der Waals surface area contributed by atoms with Crippen molar-refractivity contribution in [2.75, 3.05) is 5.75 Å². The summed E-state index contributed by atoms with van der Waals surface area (Å²) in [5.41, 5.74) is 0. The summed E-state index contributed by atoms with van der Waals surface area (Å²) in [5.74, 6) is -0.0949. The van der Waals surface area contributed by atoms with Crippen molar-refractivity contribution >= 4 is 10.7 Å². The number of hydrogen-bond donors (Lipinski definition) is 1. The van der Waals surface area contributed by atoms with Crippen LogP contribution in [0.1, 0.15) is 0 Å². The fourth-order valence-corrected chi connectivity index (χ4v) is 0.808. The number of nitrogens with zero attached hydrogens (tertiary/aromatic N) is 4. The lowest BCUT2D eigenvalue weighted by molar-refractivity contribution is 0.607. The van der Waals surface area contributed by atoms with Crippen LogP contribution in [-0.2, 0) is 10.7 Å². The van der Waals surface area contributed by atoms with Crippen LogP contribution in [0.2, 0.25) is 0 Å². The standard InChI is InChI=1S/C2H4N4O2S/c7-9(8)1-2-3-5-6-4-2/h2,9H,1H2. The monoisotopic (exact) mass is 148 g/mol. The van der Waals surface area contributed by atoms with Crippen LogP contribution in [0.4, 0.5) is 0 Å². The molecular formula is C2H4N4O2S. The third-order valence-corrected chi connectivity index (χ3v) is 1.35. The van der Waals surface area contributed by atoms with E-state index in [1.165, 1.54) is 0 Å². The molecule has 1 rings (SSSR count). The fourth-order valence-electron chi connectivity index (χ4n) is 0.395. The van der Waals surface area contributed by atoms with Gasteiger partial charge in [0.05, 0.1) is 5.75 Å². The molecule has 0 atom stereocenters. The zero-order valence-electron chi connectivity index (χ0n) is 4.34. The Kier molecular flexibility index (Phi) is 1.83. The second-order valence-electron chi connectivity index (χ2n) is 1.41. The summed E-state index contributed by atoms with van der Waals surface area (Å²) in [6, 6.07) is 0. The summed E-state index contributed by atoms with van der Waals surface area (Å²) in [4.78, 5) is 0. The highest BCUT2D eigenvalue weighted by Crippen LogP contribution is 2.03. The minimum Gasteiger partial charge on any atom is -0.232 e. The molecule has 0 aromatic rings. The van der Waals surface area contributed by atoms with Crippen LogP contribution in [0.3, 0.4) is 0 Å². The maximum atomic E-state index is 9.99. The third-order valence-electron chi connectivity index (χ3n) is 0.722. The molecule has 0 amide bonds. The number of thiol groups is 1. The van der Waals surface area contributed by atoms with Gasteiger partial charge in [-0.3, -0.25) is 0 Å². The molecule has 0 spiro atoms. The van der Waals surface area contributed by atoms with Crippen molar-refractivity contribution in [1.82, 2.24) is 0 Å². The van der Waals surface area contributed by atoms with Crippen molar-refractivity contribution in [2.24, 2.45) is 20.7 Å². The molecule has 9 heavy (non-hydrogen) atoms. The van der Waals surface area contributed by atoms with E-state index in [2.05, 4.69) is 20.7 Å². The number of hydrogen-bond acceptors (Lipinski definition) is 6. The van der Waals surface area contributed by atoms with Gasteiger partial charge in [-0.05, 0) is 10.4 Å². The van der Waals surface area contributed by atoms with Crippen molar-refractivity contribution in [3.63, 3.8) is 0 Å². The highest BCUT2D eigenvalue weighted by Gasteiger charge is 2.09. The van der Waals surface area contributed by atoms with Crippen LogP contribution in [0.15, 0.2) is 20.7 Å². The molecule has 7 heteroatoms. The number of rotatable bonds is 2. The first-order chi connectivity index (χ1) is 4.29. The van der Waals surface area contributed by atoms with E-state index < -0.39 is 16.9 Å². The zero-order valence-corrected chi connectivity index (χ0v) is 5.23. The van der Waals surface area contributed by atoms with Gasteiger partial charge in [-0.1, -0.05) is 0 Å². The van der Waals surface area contributed by atoms with E-state index in [-0.39, 0.29) is 5.75 Å². The van der Waals surface area contributed by atoms with Gasteiger partial charge in [-0.2, -0.15) is 0 Å². The van der Waals surface area contributed by atoms with E-state index in [1.54, 1.807) is 0 Å². The first-order valence-corrected chi connectivity index (χ1v) is 3.57. The van der Waals surface area contributed by atoms with Crippen molar-refractivity contribution in [1.29, 1.82) is 0 Å². The van der Waals surface area contributed by atoms with E-state index >= 15 is 0 Å². The molecule has 0 saturated heterocycles. The summed E-state index contributed by atoms with van der Waals surface area (Å²) in [5, 5.41) is 13.0. The Morgan fingerprint density at radius 3 is 2.22 bits per heavy atom. The Hall–Kier alpha value is -0.850. The Morgan fingerprint density at radius 1 is 1.22 bits per heavy atom. The van der Waals surface area contributed by atoms with Gasteiger partial charge in [-0.25, -0.2) is 8.42 Å². The SMILES string of the molecule is O=[SH](=O)CC1N=NN=N1. The third kappa shape index (κ3) is 1.84. The minimum atomic E-state index is -2.42.